The van der Waals surface area contributed by atoms with Crippen LogP contribution in [0.5, 0.6) is 0 Å². The van der Waals surface area contributed by atoms with Gasteiger partial charge in [0.2, 0.25) is 0 Å². The number of rotatable bonds is 4. The summed E-state index contributed by atoms with van der Waals surface area (Å²) in [4.78, 5) is 13.2. The first-order valence-corrected chi connectivity index (χ1v) is 5.19. The van der Waals surface area contributed by atoms with Crippen molar-refractivity contribution in [1.29, 1.82) is 0 Å². The molecule has 0 aromatic carbocycles. The van der Waals surface area contributed by atoms with Crippen LogP contribution in [-0.2, 0) is 4.74 Å². The number of hydrogen-bond donors (Lipinski definition) is 1. The summed E-state index contributed by atoms with van der Waals surface area (Å²) in [5.41, 5.74) is -0.258. The largest absolute Gasteiger partial charge is 0.449 e. The Morgan fingerprint density at radius 3 is 2.86 bits per heavy atom. The van der Waals surface area contributed by atoms with Crippen LogP contribution in [0, 0.1) is 0 Å². The fourth-order valence-corrected chi connectivity index (χ4v) is 1.79. The highest BCUT2D eigenvalue weighted by Crippen LogP contribution is 2.26. The first-order chi connectivity index (χ1) is 6.64. The van der Waals surface area contributed by atoms with Gasteiger partial charge in [0.1, 0.15) is 0 Å². The molecule has 0 bridgehead atoms. The van der Waals surface area contributed by atoms with E-state index in [2.05, 4.69) is 0 Å². The van der Waals surface area contributed by atoms with Crippen LogP contribution >= 0.6 is 0 Å². The number of cyclic esters (lactones) is 1. The van der Waals surface area contributed by atoms with E-state index in [4.69, 9.17) is 9.84 Å². The Labute approximate surface area is 84.8 Å². The third-order valence-electron chi connectivity index (χ3n) is 3.04. The number of amides is 1. The molecule has 1 N–H and O–H groups in total. The van der Waals surface area contributed by atoms with E-state index in [0.717, 1.165) is 19.4 Å². The molecule has 0 saturated carbocycles. The van der Waals surface area contributed by atoms with Crippen LogP contribution in [0.1, 0.15) is 33.1 Å². The van der Waals surface area contributed by atoms with Gasteiger partial charge in [-0.05, 0) is 26.2 Å². The molecule has 1 aliphatic heterocycles. The summed E-state index contributed by atoms with van der Waals surface area (Å²) in [5.74, 6) is 0. The average Bonchev–Trinajstić information content (AvgIpc) is 2.18. The maximum atomic E-state index is 11.5. The third-order valence-corrected chi connectivity index (χ3v) is 3.04. The number of carbonyl (C=O) groups excluding carboxylic acids is 1. The topological polar surface area (TPSA) is 49.8 Å². The molecule has 0 aromatic rings. The molecule has 1 amide bonds. The molecule has 0 spiro atoms. The van der Waals surface area contributed by atoms with Crippen molar-refractivity contribution in [3.05, 3.63) is 0 Å². The Balaban J connectivity index is 2.70. The molecular formula is C10H19NO3. The molecule has 1 rings (SSSR count). The summed E-state index contributed by atoms with van der Waals surface area (Å²) < 4.78 is 4.99. The van der Waals surface area contributed by atoms with E-state index in [1.807, 2.05) is 13.8 Å². The molecule has 0 radical (unpaired) electrons. The minimum absolute atomic E-state index is 0.105. The lowest BCUT2D eigenvalue weighted by Crippen LogP contribution is -2.52. The lowest BCUT2D eigenvalue weighted by atomic mass is 9.92. The van der Waals surface area contributed by atoms with Crippen LogP contribution in [0.15, 0.2) is 0 Å². The number of ether oxygens (including phenoxy) is 1. The van der Waals surface area contributed by atoms with Crippen molar-refractivity contribution in [1.82, 2.24) is 4.90 Å². The minimum Gasteiger partial charge on any atom is -0.449 e. The van der Waals surface area contributed by atoms with Gasteiger partial charge in [0.25, 0.3) is 0 Å². The summed E-state index contributed by atoms with van der Waals surface area (Å²) in [6, 6.07) is 0. The molecule has 1 heterocycles. The Bertz CT molecular complexity index is 208. The number of aliphatic hydroxyl groups excluding tert-OH is 1. The number of carbonyl (C=O) groups is 1. The van der Waals surface area contributed by atoms with Gasteiger partial charge in [-0.15, -0.1) is 0 Å². The Kier molecular flexibility index (Phi) is 3.75. The van der Waals surface area contributed by atoms with Crippen LogP contribution in [0.25, 0.3) is 0 Å². The standard InChI is InChI=1S/C10H19NO3/c1-3-10(2,5-7-12)11-6-4-8-14-9(11)13/h12H,3-8H2,1-2H3. The first-order valence-electron chi connectivity index (χ1n) is 5.19. The van der Waals surface area contributed by atoms with Crippen LogP contribution in [0.4, 0.5) is 4.79 Å². The summed E-state index contributed by atoms with van der Waals surface area (Å²) in [6.07, 6.45) is 2.09. The molecular weight excluding hydrogens is 182 g/mol. The number of hydrogen-bond acceptors (Lipinski definition) is 3. The second kappa shape index (κ2) is 4.64. The van der Waals surface area contributed by atoms with E-state index in [-0.39, 0.29) is 18.2 Å². The highest BCUT2D eigenvalue weighted by molar-refractivity contribution is 5.69. The lowest BCUT2D eigenvalue weighted by Gasteiger charge is -2.41. The summed E-state index contributed by atoms with van der Waals surface area (Å²) >= 11 is 0. The highest BCUT2D eigenvalue weighted by Gasteiger charge is 2.35. The monoisotopic (exact) mass is 201 g/mol. The summed E-state index contributed by atoms with van der Waals surface area (Å²) in [6.45, 7) is 5.39. The molecule has 4 heteroatoms. The maximum Gasteiger partial charge on any atom is 0.410 e. The van der Waals surface area contributed by atoms with E-state index >= 15 is 0 Å². The van der Waals surface area contributed by atoms with Gasteiger partial charge in [0.15, 0.2) is 0 Å². The van der Waals surface area contributed by atoms with Crippen molar-refractivity contribution in [3.63, 3.8) is 0 Å². The molecule has 14 heavy (non-hydrogen) atoms. The SMILES string of the molecule is CCC(C)(CCO)N1CCCOC1=O. The highest BCUT2D eigenvalue weighted by atomic mass is 16.6. The quantitative estimate of drug-likeness (QED) is 0.747. The predicted molar refractivity (Wildman–Crippen MR) is 53.1 cm³/mol. The molecule has 1 saturated heterocycles. The van der Waals surface area contributed by atoms with E-state index in [0.29, 0.717) is 13.0 Å². The van der Waals surface area contributed by atoms with Gasteiger partial charge in [-0.3, -0.25) is 0 Å². The van der Waals surface area contributed by atoms with Crippen molar-refractivity contribution in [2.24, 2.45) is 0 Å². The molecule has 4 nitrogen and oxygen atoms in total. The third kappa shape index (κ3) is 2.18. The Hall–Kier alpha value is -0.770. The van der Waals surface area contributed by atoms with Crippen LogP contribution < -0.4 is 0 Å². The van der Waals surface area contributed by atoms with Crippen LogP contribution in [-0.4, -0.2) is 41.4 Å². The smallest absolute Gasteiger partial charge is 0.410 e. The molecule has 1 fully saturated rings. The zero-order valence-corrected chi connectivity index (χ0v) is 8.95. The van der Waals surface area contributed by atoms with Gasteiger partial charge in [-0.2, -0.15) is 0 Å². The van der Waals surface area contributed by atoms with E-state index in [1.54, 1.807) is 4.90 Å². The number of aliphatic hydroxyl groups is 1. The molecule has 1 aliphatic rings. The van der Waals surface area contributed by atoms with Gasteiger partial charge in [-0.1, -0.05) is 6.92 Å². The minimum atomic E-state index is -0.258. The lowest BCUT2D eigenvalue weighted by molar-refractivity contribution is 0.0144. The second-order valence-corrected chi connectivity index (χ2v) is 3.94. The van der Waals surface area contributed by atoms with Crippen LogP contribution in [0.3, 0.4) is 0 Å². The zero-order valence-electron chi connectivity index (χ0n) is 8.95. The average molecular weight is 201 g/mol. The maximum absolute atomic E-state index is 11.5. The molecule has 82 valence electrons. The van der Waals surface area contributed by atoms with E-state index < -0.39 is 0 Å². The molecule has 1 atom stereocenters. The summed E-state index contributed by atoms with van der Waals surface area (Å²) in [7, 11) is 0. The Morgan fingerprint density at radius 1 is 1.64 bits per heavy atom. The molecule has 1 unspecified atom stereocenters. The van der Waals surface area contributed by atoms with Gasteiger partial charge >= 0.3 is 6.09 Å². The zero-order chi connectivity index (χ0) is 10.6. The summed E-state index contributed by atoms with van der Waals surface area (Å²) in [5, 5.41) is 8.97. The van der Waals surface area contributed by atoms with Gasteiger partial charge in [0, 0.05) is 18.7 Å². The molecule has 0 aromatic heterocycles. The second-order valence-electron chi connectivity index (χ2n) is 3.94. The van der Waals surface area contributed by atoms with E-state index in [9.17, 15) is 4.79 Å². The van der Waals surface area contributed by atoms with Gasteiger partial charge < -0.3 is 14.7 Å². The van der Waals surface area contributed by atoms with Crippen LogP contribution in [0.2, 0.25) is 0 Å². The van der Waals surface area contributed by atoms with Crippen molar-refractivity contribution >= 4 is 6.09 Å². The Morgan fingerprint density at radius 2 is 2.36 bits per heavy atom. The van der Waals surface area contributed by atoms with Crippen molar-refractivity contribution in [2.75, 3.05) is 19.8 Å². The fourth-order valence-electron chi connectivity index (χ4n) is 1.79. The van der Waals surface area contributed by atoms with Gasteiger partial charge in [0.05, 0.1) is 6.61 Å². The van der Waals surface area contributed by atoms with Crippen molar-refractivity contribution in [2.45, 2.75) is 38.6 Å². The van der Waals surface area contributed by atoms with E-state index in [1.165, 1.54) is 0 Å². The fraction of sp³-hybridized carbons (Fsp3) is 0.900. The molecule has 0 aliphatic carbocycles. The van der Waals surface area contributed by atoms with Gasteiger partial charge in [-0.25, -0.2) is 4.79 Å². The van der Waals surface area contributed by atoms with Crippen molar-refractivity contribution < 1.29 is 14.6 Å². The van der Waals surface area contributed by atoms with Crippen molar-refractivity contribution in [3.8, 4) is 0 Å². The number of nitrogens with zero attached hydrogens (tertiary/aromatic N) is 1. The normalized spacial score (nSPS) is 21.6. The predicted octanol–water partition coefficient (Wildman–Crippen LogP) is 1.38. The first kappa shape index (κ1) is 11.3.